The standard InChI is InChI=1S/C23H23ClN4O4S/c1-14-6-4-7-18(12-14)32-11-5-10-27-20-9-8-17(24)13-19(20)23(21(27)31)28(16(3)30)26-22(33-23)25-15(2)29/h4,6-9,12-13H,5,10-11H2,1-3H3,(H,25,26,29)/t23-/m0/s1. The molecule has 1 spiro atoms. The van der Waals surface area contributed by atoms with Gasteiger partial charge in [-0.15, -0.1) is 5.10 Å². The quantitative estimate of drug-likeness (QED) is 0.652. The zero-order chi connectivity index (χ0) is 23.8. The Bertz CT molecular complexity index is 1170. The minimum absolute atomic E-state index is 0.182. The Labute approximate surface area is 200 Å². The average Bonchev–Trinajstić information content (AvgIpc) is 3.23. The lowest BCUT2D eigenvalue weighted by Gasteiger charge is -2.29. The van der Waals surface area contributed by atoms with Gasteiger partial charge in [-0.25, -0.2) is 0 Å². The van der Waals surface area contributed by atoms with Crippen molar-refractivity contribution in [3.05, 3.63) is 58.6 Å². The van der Waals surface area contributed by atoms with E-state index in [1.165, 1.54) is 13.8 Å². The maximum Gasteiger partial charge on any atom is 0.270 e. The predicted octanol–water partition coefficient (Wildman–Crippen LogP) is 3.62. The number of amides is 3. The number of anilines is 1. The number of amidine groups is 1. The first-order valence-electron chi connectivity index (χ1n) is 10.4. The zero-order valence-corrected chi connectivity index (χ0v) is 20.0. The molecule has 0 aromatic heterocycles. The molecule has 0 saturated carbocycles. The number of thioether (sulfide) groups is 1. The fourth-order valence-corrected chi connectivity index (χ4v) is 5.42. The third kappa shape index (κ3) is 4.30. The molecular weight excluding hydrogens is 464 g/mol. The Morgan fingerprint density at radius 1 is 1.21 bits per heavy atom. The van der Waals surface area contributed by atoms with Crippen LogP contribution in [-0.4, -0.2) is 41.0 Å². The number of hydrazone groups is 1. The van der Waals surface area contributed by atoms with E-state index in [4.69, 9.17) is 16.3 Å². The van der Waals surface area contributed by atoms with Crippen LogP contribution in [0.15, 0.2) is 47.6 Å². The third-order valence-corrected chi connectivity index (χ3v) is 6.72. The predicted molar refractivity (Wildman–Crippen MR) is 128 cm³/mol. The number of carbonyl (C=O) groups excluding carboxylic acids is 3. The van der Waals surface area contributed by atoms with Crippen LogP contribution in [-0.2, 0) is 19.3 Å². The first kappa shape index (κ1) is 23.1. The van der Waals surface area contributed by atoms with Gasteiger partial charge in [-0.2, -0.15) is 5.01 Å². The summed E-state index contributed by atoms with van der Waals surface area (Å²) in [5, 5.41) is 8.57. The van der Waals surface area contributed by atoms with Gasteiger partial charge in [-0.3, -0.25) is 14.4 Å². The van der Waals surface area contributed by atoms with Crippen molar-refractivity contribution in [1.82, 2.24) is 10.3 Å². The van der Waals surface area contributed by atoms with Crippen LogP contribution in [0.25, 0.3) is 0 Å². The molecule has 2 aliphatic rings. The van der Waals surface area contributed by atoms with E-state index in [9.17, 15) is 14.4 Å². The number of nitrogens with one attached hydrogen (secondary N) is 1. The van der Waals surface area contributed by atoms with E-state index in [1.807, 2.05) is 31.2 Å². The van der Waals surface area contributed by atoms with E-state index >= 15 is 0 Å². The Balaban J connectivity index is 1.59. The molecule has 1 atom stereocenters. The zero-order valence-electron chi connectivity index (χ0n) is 18.4. The van der Waals surface area contributed by atoms with Crippen molar-refractivity contribution in [1.29, 1.82) is 0 Å². The maximum atomic E-state index is 13.8. The molecule has 33 heavy (non-hydrogen) atoms. The van der Waals surface area contributed by atoms with E-state index < -0.39 is 10.8 Å². The van der Waals surface area contributed by atoms with Gasteiger partial charge in [0, 0.05) is 31.0 Å². The molecule has 0 bridgehead atoms. The first-order valence-corrected chi connectivity index (χ1v) is 11.6. The molecule has 172 valence electrons. The maximum absolute atomic E-state index is 13.8. The second kappa shape index (κ2) is 9.07. The monoisotopic (exact) mass is 486 g/mol. The van der Waals surface area contributed by atoms with Gasteiger partial charge in [0.1, 0.15) is 5.75 Å². The Kier molecular flexibility index (Phi) is 6.36. The van der Waals surface area contributed by atoms with Crippen LogP contribution in [0.5, 0.6) is 5.75 Å². The van der Waals surface area contributed by atoms with Crippen molar-refractivity contribution in [2.24, 2.45) is 5.10 Å². The molecule has 10 heteroatoms. The Hall–Kier alpha value is -3.04. The minimum Gasteiger partial charge on any atom is -0.494 e. The SMILES string of the molecule is CC(=O)NC1=NN(C(C)=O)[C@@]2(S1)C(=O)N(CCCOc1cccc(C)c1)c1ccc(Cl)cc12. The largest absolute Gasteiger partial charge is 0.494 e. The van der Waals surface area contributed by atoms with Crippen molar-refractivity contribution in [3.63, 3.8) is 0 Å². The molecular formula is C23H23ClN4O4S. The highest BCUT2D eigenvalue weighted by Gasteiger charge is 2.61. The summed E-state index contributed by atoms with van der Waals surface area (Å²) < 4.78 is 5.83. The molecule has 0 aliphatic carbocycles. The van der Waals surface area contributed by atoms with E-state index in [1.54, 1.807) is 23.1 Å². The van der Waals surface area contributed by atoms with Gasteiger partial charge >= 0.3 is 0 Å². The summed E-state index contributed by atoms with van der Waals surface area (Å²) >= 11 is 7.29. The summed E-state index contributed by atoms with van der Waals surface area (Å²) in [6.07, 6.45) is 0.571. The normalized spacial score (nSPS) is 19.0. The number of nitrogens with zero attached hydrogens (tertiary/aromatic N) is 3. The van der Waals surface area contributed by atoms with Crippen LogP contribution >= 0.6 is 23.4 Å². The van der Waals surface area contributed by atoms with Gasteiger partial charge in [0.05, 0.1) is 12.3 Å². The van der Waals surface area contributed by atoms with Gasteiger partial charge in [-0.1, -0.05) is 23.7 Å². The van der Waals surface area contributed by atoms with E-state index in [0.717, 1.165) is 28.1 Å². The molecule has 0 unspecified atom stereocenters. The number of halogens is 1. The van der Waals surface area contributed by atoms with E-state index in [0.29, 0.717) is 35.8 Å². The van der Waals surface area contributed by atoms with Gasteiger partial charge in [-0.05, 0) is 61.0 Å². The van der Waals surface area contributed by atoms with Crippen LogP contribution < -0.4 is 15.0 Å². The first-order chi connectivity index (χ1) is 15.7. The highest BCUT2D eigenvalue weighted by molar-refractivity contribution is 8.15. The number of aryl methyl sites for hydroxylation is 1. The summed E-state index contributed by atoms with van der Waals surface area (Å²) in [4.78, 5) is 38.1. The average molecular weight is 487 g/mol. The van der Waals surface area contributed by atoms with Gasteiger partial charge in [0.15, 0.2) is 5.17 Å². The fraction of sp³-hybridized carbons (Fsp3) is 0.304. The highest BCUT2D eigenvalue weighted by Crippen LogP contribution is 2.54. The number of hydrogen-bond acceptors (Lipinski definition) is 6. The lowest BCUT2D eigenvalue weighted by Crippen LogP contribution is -2.48. The number of benzene rings is 2. The lowest BCUT2D eigenvalue weighted by atomic mass is 10.1. The summed E-state index contributed by atoms with van der Waals surface area (Å²) in [5.41, 5.74) is 2.31. The molecule has 8 nitrogen and oxygen atoms in total. The molecule has 2 aromatic rings. The van der Waals surface area contributed by atoms with Gasteiger partial charge < -0.3 is 15.0 Å². The van der Waals surface area contributed by atoms with Crippen LogP contribution in [0.1, 0.15) is 31.4 Å². The third-order valence-electron chi connectivity index (χ3n) is 5.25. The summed E-state index contributed by atoms with van der Waals surface area (Å²) in [5.74, 6) is -0.316. The molecule has 2 aliphatic heterocycles. The summed E-state index contributed by atoms with van der Waals surface area (Å²) in [6.45, 7) is 5.46. The Morgan fingerprint density at radius 2 is 2.00 bits per heavy atom. The molecule has 1 N–H and O–H groups in total. The van der Waals surface area contributed by atoms with E-state index in [-0.39, 0.29) is 17.0 Å². The topological polar surface area (TPSA) is 91.3 Å². The van der Waals surface area contributed by atoms with Gasteiger partial charge in [0.2, 0.25) is 16.7 Å². The smallest absolute Gasteiger partial charge is 0.270 e. The molecule has 2 aromatic carbocycles. The van der Waals surface area contributed by atoms with Crippen LogP contribution in [0, 0.1) is 6.92 Å². The van der Waals surface area contributed by atoms with Crippen LogP contribution in [0.3, 0.4) is 0 Å². The molecule has 0 radical (unpaired) electrons. The molecule has 0 saturated heterocycles. The number of rotatable bonds is 5. The molecule has 0 fully saturated rings. The minimum atomic E-state index is -1.46. The highest BCUT2D eigenvalue weighted by atomic mass is 35.5. The van der Waals surface area contributed by atoms with Crippen molar-refractivity contribution >= 4 is 51.9 Å². The van der Waals surface area contributed by atoms with Crippen LogP contribution in [0.4, 0.5) is 5.69 Å². The van der Waals surface area contributed by atoms with Crippen molar-refractivity contribution in [3.8, 4) is 5.75 Å². The number of hydrogen-bond donors (Lipinski definition) is 1. The lowest BCUT2D eigenvalue weighted by molar-refractivity contribution is -0.139. The van der Waals surface area contributed by atoms with Gasteiger partial charge in [0.25, 0.3) is 5.91 Å². The van der Waals surface area contributed by atoms with Crippen molar-refractivity contribution in [2.45, 2.75) is 32.1 Å². The molecule has 4 rings (SSSR count). The number of ether oxygens (including phenoxy) is 1. The second-order valence-corrected chi connectivity index (χ2v) is 9.42. The number of carbonyl (C=O) groups is 3. The number of fused-ring (bicyclic) bond motifs is 2. The Morgan fingerprint density at radius 3 is 2.70 bits per heavy atom. The molecule has 3 amide bonds. The summed E-state index contributed by atoms with van der Waals surface area (Å²) in [6, 6.07) is 12.9. The molecule has 2 heterocycles. The fourth-order valence-electron chi connectivity index (χ4n) is 3.92. The summed E-state index contributed by atoms with van der Waals surface area (Å²) in [7, 11) is 0. The van der Waals surface area contributed by atoms with Crippen molar-refractivity contribution in [2.75, 3.05) is 18.1 Å². The van der Waals surface area contributed by atoms with E-state index in [2.05, 4.69) is 10.4 Å². The van der Waals surface area contributed by atoms with Crippen LogP contribution in [0.2, 0.25) is 5.02 Å². The second-order valence-electron chi connectivity index (χ2n) is 7.80. The van der Waals surface area contributed by atoms with Crippen molar-refractivity contribution < 1.29 is 19.1 Å².